The number of benzene rings is 1. The van der Waals surface area contributed by atoms with E-state index in [2.05, 4.69) is 10.1 Å². The molecule has 1 fully saturated rings. The fraction of sp³-hybridized carbons (Fsp3) is 0.500. The van der Waals surface area contributed by atoms with E-state index in [1.807, 2.05) is 6.07 Å². The predicted molar refractivity (Wildman–Crippen MR) is 132 cm³/mol. The second kappa shape index (κ2) is 11.2. The third-order valence-electron chi connectivity index (χ3n) is 5.05. The van der Waals surface area contributed by atoms with Crippen molar-refractivity contribution in [3.8, 4) is 5.75 Å². The highest BCUT2D eigenvalue weighted by atomic mass is 32.5. The van der Waals surface area contributed by atoms with Crippen molar-refractivity contribution in [3.05, 3.63) is 63.4 Å². The van der Waals surface area contributed by atoms with E-state index in [9.17, 15) is 19.5 Å². The molecule has 35 heavy (non-hydrogen) atoms. The Bertz CT molecular complexity index is 1180. The molecule has 3 N–H and O–H groups in total. The summed E-state index contributed by atoms with van der Waals surface area (Å²) >= 11 is 5.68. The Morgan fingerprint density at radius 1 is 1.31 bits per heavy atom. The highest BCUT2D eigenvalue weighted by Crippen LogP contribution is 2.47. The predicted octanol–water partition coefficient (Wildman–Crippen LogP) is 1.82. The monoisotopic (exact) mass is 527 g/mol. The molecule has 3 rings (SSSR count). The van der Waals surface area contributed by atoms with Crippen LogP contribution in [0.2, 0.25) is 0 Å². The Morgan fingerprint density at radius 2 is 2.00 bits per heavy atom. The molecule has 0 bridgehead atoms. The largest absolute Gasteiger partial charge is 0.462 e. The van der Waals surface area contributed by atoms with Crippen molar-refractivity contribution in [3.63, 3.8) is 0 Å². The fourth-order valence-electron chi connectivity index (χ4n) is 3.53. The molecule has 5 atom stereocenters. The van der Waals surface area contributed by atoms with Crippen LogP contribution in [-0.4, -0.2) is 51.1 Å². The van der Waals surface area contributed by atoms with Crippen molar-refractivity contribution >= 4 is 24.4 Å². The summed E-state index contributed by atoms with van der Waals surface area (Å²) in [5.41, 5.74) is -2.69. The van der Waals surface area contributed by atoms with Crippen molar-refractivity contribution in [1.82, 2.24) is 14.6 Å². The zero-order valence-corrected chi connectivity index (χ0v) is 21.6. The number of H-pyrrole nitrogens is 1. The van der Waals surface area contributed by atoms with Crippen LogP contribution < -0.4 is 20.9 Å². The van der Waals surface area contributed by atoms with Gasteiger partial charge in [0.2, 0.25) is 0 Å². The Morgan fingerprint density at radius 3 is 2.63 bits per heavy atom. The summed E-state index contributed by atoms with van der Waals surface area (Å²) in [6.45, 7) is 3.22. The highest BCUT2D eigenvalue weighted by molar-refractivity contribution is 8.09. The molecule has 192 valence electrons. The van der Waals surface area contributed by atoms with Crippen LogP contribution in [0.25, 0.3) is 0 Å². The van der Waals surface area contributed by atoms with Gasteiger partial charge in [0.25, 0.3) is 5.56 Å². The van der Waals surface area contributed by atoms with E-state index >= 15 is 0 Å². The second-order valence-corrected chi connectivity index (χ2v) is 11.9. The number of ether oxygens (including phenoxy) is 2. The minimum Gasteiger partial charge on any atom is -0.462 e. The molecule has 1 saturated heterocycles. The Labute approximate surface area is 207 Å². The zero-order chi connectivity index (χ0) is 25.8. The quantitative estimate of drug-likeness (QED) is 0.310. The van der Waals surface area contributed by atoms with Crippen LogP contribution in [0.5, 0.6) is 5.75 Å². The fourth-order valence-corrected chi connectivity index (χ4v) is 5.97. The zero-order valence-electron chi connectivity index (χ0n) is 19.9. The number of carbonyl (C=O) groups is 1. The van der Waals surface area contributed by atoms with Gasteiger partial charge in [0.15, 0.2) is 6.23 Å². The minimum absolute atomic E-state index is 0.0895. The summed E-state index contributed by atoms with van der Waals surface area (Å²) in [5.74, 6) is -0.0585. The lowest BCUT2D eigenvalue weighted by atomic mass is 10.0. The molecular formula is C22H30N3O8PS. The molecule has 1 aliphatic rings. The normalized spacial score (nSPS) is 24.6. The SMILES string of the molecule is CC(C)OC(=O)C(C)NP(=S)(OCC1CC(C)(O)C(n2ccc(=O)[nH]c2=O)O1)Oc1ccccc1. The summed E-state index contributed by atoms with van der Waals surface area (Å²) in [4.78, 5) is 38.1. The van der Waals surface area contributed by atoms with Gasteiger partial charge in [0.05, 0.1) is 18.8 Å². The Balaban J connectivity index is 1.75. The molecule has 2 aromatic rings. The van der Waals surface area contributed by atoms with Gasteiger partial charge in [-0.2, -0.15) is 0 Å². The van der Waals surface area contributed by atoms with Crippen LogP contribution in [0.1, 0.15) is 40.3 Å². The molecule has 1 aliphatic heterocycles. The number of nitrogens with zero attached hydrogens (tertiary/aromatic N) is 1. The first-order valence-electron chi connectivity index (χ1n) is 11.1. The van der Waals surface area contributed by atoms with Gasteiger partial charge in [-0.3, -0.25) is 19.1 Å². The highest BCUT2D eigenvalue weighted by Gasteiger charge is 2.46. The molecule has 13 heteroatoms. The van der Waals surface area contributed by atoms with Crippen LogP contribution in [0, 0.1) is 0 Å². The number of esters is 1. The lowest BCUT2D eigenvalue weighted by molar-refractivity contribution is -0.149. The van der Waals surface area contributed by atoms with E-state index in [0.717, 1.165) is 4.57 Å². The van der Waals surface area contributed by atoms with Crippen LogP contribution in [-0.2, 0) is 30.6 Å². The van der Waals surface area contributed by atoms with Crippen LogP contribution in [0.4, 0.5) is 0 Å². The Hall–Kier alpha value is -2.34. The lowest BCUT2D eigenvalue weighted by Gasteiger charge is -2.27. The van der Waals surface area contributed by atoms with Crippen LogP contribution in [0.3, 0.4) is 0 Å². The molecule has 1 aromatic carbocycles. The molecule has 2 heterocycles. The number of hydrogen-bond donors (Lipinski definition) is 3. The molecule has 11 nitrogen and oxygen atoms in total. The van der Waals surface area contributed by atoms with Crippen molar-refractivity contribution in [2.24, 2.45) is 0 Å². The second-order valence-electron chi connectivity index (χ2n) is 8.72. The molecule has 0 spiro atoms. The first-order chi connectivity index (χ1) is 16.4. The third-order valence-corrected chi connectivity index (χ3v) is 7.55. The van der Waals surface area contributed by atoms with E-state index in [1.54, 1.807) is 45.0 Å². The van der Waals surface area contributed by atoms with Crippen molar-refractivity contribution < 1.29 is 28.4 Å². The standard InChI is InChI=1S/C22H30N3O8PS/c1-14(2)31-19(27)15(3)24-34(35,33-16-8-6-5-7-9-16)30-13-17-12-22(4,29)20(32-17)25-11-10-18(26)23-21(25)28/h5-11,14-15,17,20,29H,12-13H2,1-4H3,(H,24,35)(H,23,26,28). The van der Waals surface area contributed by atoms with Crippen molar-refractivity contribution in [1.29, 1.82) is 0 Å². The molecule has 0 radical (unpaired) electrons. The van der Waals surface area contributed by atoms with E-state index in [0.29, 0.717) is 5.75 Å². The Kier molecular flexibility index (Phi) is 8.68. The number of para-hydroxylation sites is 1. The molecule has 5 unspecified atom stereocenters. The van der Waals surface area contributed by atoms with Gasteiger partial charge in [-0.15, -0.1) is 0 Å². The van der Waals surface area contributed by atoms with Gasteiger partial charge >= 0.3 is 18.3 Å². The number of aromatic nitrogens is 2. The topological polar surface area (TPSA) is 141 Å². The van der Waals surface area contributed by atoms with Crippen molar-refractivity contribution in [2.45, 2.75) is 64.2 Å². The summed E-state index contributed by atoms with van der Waals surface area (Å²) < 4.78 is 24.2. The molecule has 0 amide bonds. The smallest absolute Gasteiger partial charge is 0.330 e. The lowest BCUT2D eigenvalue weighted by Crippen LogP contribution is -2.40. The summed E-state index contributed by atoms with van der Waals surface area (Å²) in [7, 11) is 0. The number of hydrogen-bond acceptors (Lipinski definition) is 9. The number of aliphatic hydroxyl groups is 1. The van der Waals surface area contributed by atoms with E-state index in [4.69, 9.17) is 30.3 Å². The van der Waals surface area contributed by atoms with E-state index in [-0.39, 0.29) is 19.1 Å². The number of nitrogens with one attached hydrogen (secondary N) is 2. The van der Waals surface area contributed by atoms with Gasteiger partial charge < -0.3 is 23.6 Å². The maximum atomic E-state index is 12.3. The third kappa shape index (κ3) is 7.33. The molecule has 0 saturated carbocycles. The number of aromatic amines is 1. The number of carbonyl (C=O) groups excluding carboxylic acids is 1. The van der Waals surface area contributed by atoms with Crippen LogP contribution in [0.15, 0.2) is 52.2 Å². The van der Waals surface area contributed by atoms with Crippen molar-refractivity contribution in [2.75, 3.05) is 6.61 Å². The van der Waals surface area contributed by atoms with Gasteiger partial charge in [0.1, 0.15) is 17.4 Å². The first kappa shape index (κ1) is 27.3. The molecular weight excluding hydrogens is 497 g/mol. The molecule has 1 aromatic heterocycles. The maximum absolute atomic E-state index is 12.3. The first-order valence-corrected chi connectivity index (χ1v) is 13.7. The van der Waals surface area contributed by atoms with Gasteiger partial charge in [-0.05, 0) is 51.6 Å². The maximum Gasteiger partial charge on any atom is 0.330 e. The van der Waals surface area contributed by atoms with Gasteiger partial charge in [-0.1, -0.05) is 18.2 Å². The minimum atomic E-state index is -3.29. The summed E-state index contributed by atoms with van der Waals surface area (Å²) in [6.07, 6.45) is -0.635. The van der Waals surface area contributed by atoms with Gasteiger partial charge in [-0.25, -0.2) is 9.88 Å². The van der Waals surface area contributed by atoms with E-state index < -0.39 is 47.8 Å². The average molecular weight is 528 g/mol. The van der Waals surface area contributed by atoms with Gasteiger partial charge in [0, 0.05) is 18.7 Å². The summed E-state index contributed by atoms with van der Waals surface area (Å²) in [5, 5.41) is 13.8. The average Bonchev–Trinajstić information content (AvgIpc) is 3.06. The molecule has 0 aliphatic carbocycles. The number of rotatable bonds is 10. The van der Waals surface area contributed by atoms with E-state index in [1.165, 1.54) is 19.2 Å². The van der Waals surface area contributed by atoms with Crippen LogP contribution >= 0.6 is 6.64 Å². The summed E-state index contributed by atoms with van der Waals surface area (Å²) in [6, 6.07) is 9.13.